The van der Waals surface area contributed by atoms with E-state index < -0.39 is 11.7 Å². The average molecular weight is 236 g/mol. The molecule has 4 nitrogen and oxygen atoms in total. The highest BCUT2D eigenvalue weighted by atomic mass is 19.1. The van der Waals surface area contributed by atoms with Gasteiger partial charge in [0.2, 0.25) is 11.8 Å². The normalized spacial score (nSPS) is 18.9. The van der Waals surface area contributed by atoms with Crippen LogP contribution in [0.2, 0.25) is 0 Å². The second-order valence-electron chi connectivity index (χ2n) is 4.18. The zero-order valence-corrected chi connectivity index (χ0v) is 9.42. The molecule has 0 radical (unpaired) electrons. The van der Waals surface area contributed by atoms with E-state index in [2.05, 4.69) is 10.6 Å². The summed E-state index contributed by atoms with van der Waals surface area (Å²) in [6.07, 6.45) is 0.166. The highest BCUT2D eigenvalue weighted by Crippen LogP contribution is 2.18. The van der Waals surface area contributed by atoms with Gasteiger partial charge in [0, 0.05) is 13.0 Å². The first-order valence-electron chi connectivity index (χ1n) is 5.40. The Hall–Kier alpha value is -1.91. The molecule has 1 aliphatic rings. The summed E-state index contributed by atoms with van der Waals surface area (Å²) in [5.41, 5.74) is 0.943. The first-order chi connectivity index (χ1) is 8.06. The van der Waals surface area contributed by atoms with Crippen molar-refractivity contribution in [3.63, 3.8) is 0 Å². The van der Waals surface area contributed by atoms with Crippen LogP contribution >= 0.6 is 0 Å². The molecule has 1 aromatic carbocycles. The number of halogens is 1. The van der Waals surface area contributed by atoms with Gasteiger partial charge in [0.1, 0.15) is 5.82 Å². The third kappa shape index (κ3) is 2.61. The van der Waals surface area contributed by atoms with Gasteiger partial charge in [-0.2, -0.15) is 0 Å². The van der Waals surface area contributed by atoms with E-state index in [-0.39, 0.29) is 23.9 Å². The van der Waals surface area contributed by atoms with Crippen molar-refractivity contribution in [1.29, 1.82) is 0 Å². The predicted molar refractivity (Wildman–Crippen MR) is 60.9 cm³/mol. The molecule has 2 rings (SSSR count). The zero-order chi connectivity index (χ0) is 12.4. The summed E-state index contributed by atoms with van der Waals surface area (Å²) in [6.45, 7) is 2.09. The van der Waals surface area contributed by atoms with Crippen LogP contribution in [0.3, 0.4) is 0 Å². The van der Waals surface area contributed by atoms with Gasteiger partial charge >= 0.3 is 0 Å². The van der Waals surface area contributed by atoms with Gasteiger partial charge in [-0.1, -0.05) is 6.07 Å². The van der Waals surface area contributed by atoms with E-state index in [1.165, 1.54) is 12.1 Å². The molecule has 0 bridgehead atoms. The molecule has 0 aliphatic carbocycles. The molecule has 17 heavy (non-hydrogen) atoms. The van der Waals surface area contributed by atoms with Gasteiger partial charge in [-0.25, -0.2) is 4.39 Å². The van der Waals surface area contributed by atoms with Gasteiger partial charge in [-0.15, -0.1) is 0 Å². The number of amides is 2. The summed E-state index contributed by atoms with van der Waals surface area (Å²) in [7, 11) is 0. The van der Waals surface area contributed by atoms with Crippen molar-refractivity contribution < 1.29 is 14.0 Å². The molecule has 1 atom stereocenters. The molecule has 5 heteroatoms. The number of carbonyl (C=O) groups excluding carboxylic acids is 2. The lowest BCUT2D eigenvalue weighted by Crippen LogP contribution is -2.25. The largest absolute Gasteiger partial charge is 0.355 e. The summed E-state index contributed by atoms with van der Waals surface area (Å²) in [4.78, 5) is 22.7. The Bertz CT molecular complexity index is 474. The lowest BCUT2D eigenvalue weighted by molar-refractivity contribution is -0.123. The monoisotopic (exact) mass is 236 g/mol. The van der Waals surface area contributed by atoms with Crippen LogP contribution < -0.4 is 10.6 Å². The number of hydrogen-bond donors (Lipinski definition) is 2. The van der Waals surface area contributed by atoms with E-state index in [1.807, 2.05) is 0 Å². The standard InChI is InChI=1S/C12H13FN2O2/c1-7-2-3-10(9(13)4-7)15-12(17)8-5-11(16)14-6-8/h2-4,8H,5-6H2,1H3,(H,14,16)(H,15,17). The van der Waals surface area contributed by atoms with E-state index in [0.29, 0.717) is 6.54 Å². The zero-order valence-electron chi connectivity index (χ0n) is 9.42. The quantitative estimate of drug-likeness (QED) is 0.810. The molecule has 0 aromatic heterocycles. The van der Waals surface area contributed by atoms with Crippen LogP contribution in [0.25, 0.3) is 0 Å². The molecule has 1 unspecified atom stereocenters. The van der Waals surface area contributed by atoms with Crippen molar-refractivity contribution in [3.05, 3.63) is 29.6 Å². The predicted octanol–water partition coefficient (Wildman–Crippen LogP) is 1.21. The summed E-state index contributed by atoms with van der Waals surface area (Å²) in [5, 5.41) is 5.06. The van der Waals surface area contributed by atoms with E-state index in [1.54, 1.807) is 13.0 Å². The first kappa shape index (κ1) is 11.6. The molecular formula is C12H13FN2O2. The molecule has 1 aliphatic heterocycles. The fourth-order valence-corrected chi connectivity index (χ4v) is 1.75. The molecule has 1 heterocycles. The number of anilines is 1. The minimum Gasteiger partial charge on any atom is -0.355 e. The van der Waals surface area contributed by atoms with Crippen LogP contribution in [-0.4, -0.2) is 18.4 Å². The number of aryl methyl sites for hydroxylation is 1. The van der Waals surface area contributed by atoms with Crippen molar-refractivity contribution in [2.24, 2.45) is 5.92 Å². The van der Waals surface area contributed by atoms with Gasteiger partial charge in [0.15, 0.2) is 0 Å². The summed E-state index contributed by atoms with van der Waals surface area (Å²) in [6, 6.07) is 4.59. The van der Waals surface area contributed by atoms with Crippen molar-refractivity contribution in [2.75, 3.05) is 11.9 Å². The Morgan fingerprint density at radius 3 is 2.88 bits per heavy atom. The van der Waals surface area contributed by atoms with Crippen LogP contribution in [0, 0.1) is 18.7 Å². The van der Waals surface area contributed by atoms with Crippen LogP contribution in [0.5, 0.6) is 0 Å². The molecule has 90 valence electrons. The number of hydrogen-bond acceptors (Lipinski definition) is 2. The van der Waals surface area contributed by atoms with Crippen molar-refractivity contribution in [3.8, 4) is 0 Å². The maximum atomic E-state index is 13.5. The third-order valence-electron chi connectivity index (χ3n) is 2.73. The minimum absolute atomic E-state index is 0.144. The van der Waals surface area contributed by atoms with Crippen LogP contribution in [0.15, 0.2) is 18.2 Å². The highest BCUT2D eigenvalue weighted by Gasteiger charge is 2.28. The molecule has 0 spiro atoms. The summed E-state index contributed by atoms with van der Waals surface area (Å²) >= 11 is 0. The summed E-state index contributed by atoms with van der Waals surface area (Å²) in [5.74, 6) is -1.35. The summed E-state index contributed by atoms with van der Waals surface area (Å²) < 4.78 is 13.5. The van der Waals surface area contributed by atoms with Gasteiger partial charge in [0.25, 0.3) is 0 Å². The van der Waals surface area contributed by atoms with Crippen molar-refractivity contribution in [1.82, 2.24) is 5.32 Å². The fourth-order valence-electron chi connectivity index (χ4n) is 1.75. The van der Waals surface area contributed by atoms with E-state index in [4.69, 9.17) is 0 Å². The van der Waals surface area contributed by atoms with Crippen molar-refractivity contribution in [2.45, 2.75) is 13.3 Å². The topological polar surface area (TPSA) is 58.2 Å². The van der Waals surface area contributed by atoms with E-state index >= 15 is 0 Å². The van der Waals surface area contributed by atoms with E-state index in [9.17, 15) is 14.0 Å². The number of rotatable bonds is 2. The maximum absolute atomic E-state index is 13.5. The van der Waals surface area contributed by atoms with Crippen LogP contribution in [-0.2, 0) is 9.59 Å². The molecule has 1 aromatic rings. The molecule has 1 fully saturated rings. The second-order valence-corrected chi connectivity index (χ2v) is 4.18. The van der Waals surface area contributed by atoms with Crippen LogP contribution in [0.1, 0.15) is 12.0 Å². The first-order valence-corrected chi connectivity index (χ1v) is 5.40. The molecular weight excluding hydrogens is 223 g/mol. The second kappa shape index (κ2) is 4.53. The number of benzene rings is 1. The lowest BCUT2D eigenvalue weighted by Gasteiger charge is -2.10. The van der Waals surface area contributed by atoms with E-state index in [0.717, 1.165) is 5.56 Å². The van der Waals surface area contributed by atoms with Gasteiger partial charge < -0.3 is 10.6 Å². The Morgan fingerprint density at radius 1 is 1.53 bits per heavy atom. The smallest absolute Gasteiger partial charge is 0.229 e. The Labute approximate surface area is 98.2 Å². The molecule has 0 saturated carbocycles. The maximum Gasteiger partial charge on any atom is 0.229 e. The molecule has 2 N–H and O–H groups in total. The Morgan fingerprint density at radius 2 is 2.29 bits per heavy atom. The highest BCUT2D eigenvalue weighted by molar-refractivity contribution is 5.97. The number of carbonyl (C=O) groups is 2. The SMILES string of the molecule is Cc1ccc(NC(=O)C2CNC(=O)C2)c(F)c1. The van der Waals surface area contributed by atoms with Gasteiger partial charge in [0.05, 0.1) is 11.6 Å². The number of nitrogens with one attached hydrogen (secondary N) is 2. The average Bonchev–Trinajstić information content (AvgIpc) is 2.69. The van der Waals surface area contributed by atoms with Gasteiger partial charge in [-0.3, -0.25) is 9.59 Å². The fraction of sp³-hybridized carbons (Fsp3) is 0.333. The Kier molecular flexibility index (Phi) is 3.08. The minimum atomic E-state index is -0.462. The third-order valence-corrected chi connectivity index (χ3v) is 2.73. The lowest BCUT2D eigenvalue weighted by atomic mass is 10.1. The Balaban J connectivity index is 2.05. The van der Waals surface area contributed by atoms with Crippen LogP contribution in [0.4, 0.5) is 10.1 Å². The van der Waals surface area contributed by atoms with Crippen molar-refractivity contribution >= 4 is 17.5 Å². The molecule has 2 amide bonds. The van der Waals surface area contributed by atoms with Gasteiger partial charge in [-0.05, 0) is 24.6 Å². The molecule has 1 saturated heterocycles.